The molecule has 0 saturated carbocycles. The van der Waals surface area contributed by atoms with Gasteiger partial charge in [-0.15, -0.1) is 0 Å². The monoisotopic (exact) mass is 405 g/mol. The lowest BCUT2D eigenvalue weighted by atomic mass is 9.30. The van der Waals surface area contributed by atoms with Crippen LogP contribution in [0.25, 0.3) is 11.0 Å². The van der Waals surface area contributed by atoms with Crippen molar-refractivity contribution in [2.45, 2.75) is 6.92 Å². The fourth-order valence-electron chi connectivity index (χ4n) is 4.85. The summed E-state index contributed by atoms with van der Waals surface area (Å²) in [6, 6.07) is 27.0. The van der Waals surface area contributed by atoms with Crippen LogP contribution in [0.4, 0.5) is 0 Å². The van der Waals surface area contributed by atoms with Crippen LogP contribution in [0, 0.1) is 6.92 Å². The number of hydrogen-bond acceptors (Lipinski definition) is 3. The van der Waals surface area contributed by atoms with Gasteiger partial charge in [0.1, 0.15) is 6.61 Å². The molecule has 152 valence electrons. The molecule has 0 radical (unpaired) electrons. The first-order valence-electron chi connectivity index (χ1n) is 10.5. The van der Waals surface area contributed by atoms with E-state index in [2.05, 4.69) is 60.8 Å². The lowest BCUT2D eigenvalue weighted by molar-refractivity contribution is 0.0923. The van der Waals surface area contributed by atoms with Crippen LogP contribution in [0.3, 0.4) is 0 Å². The number of aryl methyl sites for hydroxylation is 1. The van der Waals surface area contributed by atoms with Gasteiger partial charge in [0.05, 0.1) is 7.11 Å². The Hall–Kier alpha value is -3.57. The minimum Gasteiger partial charge on any atom is -0.657 e. The summed E-state index contributed by atoms with van der Waals surface area (Å²) in [5.74, 6) is 0. The molecule has 5 rings (SSSR count). The van der Waals surface area contributed by atoms with E-state index in [1.807, 2.05) is 55.0 Å². The lowest BCUT2D eigenvalue weighted by Crippen LogP contribution is -2.66. The van der Waals surface area contributed by atoms with E-state index in [4.69, 9.17) is 15.0 Å². The zero-order valence-electron chi connectivity index (χ0n) is 17.8. The molecule has 5 heteroatoms. The van der Waals surface area contributed by atoms with Gasteiger partial charge in [-0.2, -0.15) is 0 Å². The van der Waals surface area contributed by atoms with E-state index in [1.54, 1.807) is 0 Å². The summed E-state index contributed by atoms with van der Waals surface area (Å²) in [5, 5.41) is 0. The Morgan fingerprint density at radius 1 is 0.710 bits per heavy atom. The van der Waals surface area contributed by atoms with E-state index < -0.39 is 6.35 Å². The summed E-state index contributed by atoms with van der Waals surface area (Å²) < 4.78 is 3.44. The van der Waals surface area contributed by atoms with Crippen LogP contribution in [0.5, 0.6) is 0 Å². The predicted molar refractivity (Wildman–Crippen MR) is 128 cm³/mol. The lowest BCUT2D eigenvalue weighted by Gasteiger charge is -2.41. The number of rotatable bonds is 4. The second-order valence-corrected chi connectivity index (χ2v) is 8.10. The minimum atomic E-state index is -1.65. The van der Waals surface area contributed by atoms with E-state index in [9.17, 15) is 0 Å². The van der Waals surface area contributed by atoms with Gasteiger partial charge in [0.2, 0.25) is 0 Å². The van der Waals surface area contributed by atoms with Crippen LogP contribution in [0.15, 0.2) is 97.5 Å². The predicted octanol–water partition coefficient (Wildman–Crippen LogP) is 3.59. The van der Waals surface area contributed by atoms with Gasteiger partial charge in [-0.25, -0.2) is 0 Å². The van der Waals surface area contributed by atoms with E-state index in [0.717, 1.165) is 22.4 Å². The third kappa shape index (κ3) is 3.18. The normalized spacial score (nSPS) is 15.9. The van der Waals surface area contributed by atoms with Gasteiger partial charge in [-0.05, 0) is 47.9 Å². The molecule has 31 heavy (non-hydrogen) atoms. The Labute approximate surface area is 183 Å². The summed E-state index contributed by atoms with van der Waals surface area (Å²) in [4.78, 5) is 14.5. The highest BCUT2D eigenvalue weighted by Gasteiger charge is 2.54. The minimum absolute atomic E-state index is 0.710. The quantitative estimate of drug-likeness (QED) is 0.385. The summed E-state index contributed by atoms with van der Waals surface area (Å²) in [6.07, 6.45) is 3.92. The van der Waals surface area contributed by atoms with E-state index in [0.29, 0.717) is 6.61 Å². The second kappa shape index (κ2) is 7.93. The molecule has 3 aromatic heterocycles. The molecule has 1 aromatic carbocycles. The second-order valence-electron chi connectivity index (χ2n) is 8.10. The van der Waals surface area contributed by atoms with Crippen molar-refractivity contribution in [3.8, 4) is 0 Å². The zero-order chi connectivity index (χ0) is 21.3. The highest BCUT2D eigenvalue weighted by Crippen LogP contribution is 2.42. The van der Waals surface area contributed by atoms with Crippen LogP contribution in [-0.2, 0) is 4.28 Å². The first-order valence-corrected chi connectivity index (χ1v) is 10.5. The third-order valence-electron chi connectivity index (χ3n) is 6.26. The van der Waals surface area contributed by atoms with Crippen molar-refractivity contribution in [1.82, 2.24) is 15.0 Å². The van der Waals surface area contributed by atoms with Crippen LogP contribution >= 0.6 is 0 Å². The van der Waals surface area contributed by atoms with Crippen molar-refractivity contribution in [2.24, 2.45) is 0 Å². The Kier molecular flexibility index (Phi) is 4.96. The van der Waals surface area contributed by atoms with Crippen LogP contribution in [-0.4, -0.2) is 35.0 Å². The molecule has 0 amide bonds. The van der Waals surface area contributed by atoms with Crippen LogP contribution in [0.1, 0.15) is 16.8 Å². The van der Waals surface area contributed by atoms with Gasteiger partial charge >= 0.3 is 6.35 Å². The molecule has 0 N–H and O–H groups in total. The van der Waals surface area contributed by atoms with Gasteiger partial charge in [-0.3, -0.25) is 15.0 Å². The Balaban J connectivity index is 1.89. The molecule has 4 aromatic rings. The van der Waals surface area contributed by atoms with Crippen molar-refractivity contribution < 1.29 is 4.28 Å². The smallest absolute Gasteiger partial charge is 0.414 e. The highest BCUT2D eigenvalue weighted by molar-refractivity contribution is 7.12. The molecular formula is C26H24BN3O. The van der Waals surface area contributed by atoms with Crippen LogP contribution < -0.4 is 11.2 Å². The maximum Gasteiger partial charge on any atom is 0.414 e. The topological polar surface area (TPSA) is 41.4 Å². The molecule has 0 atom stereocenters. The summed E-state index contributed by atoms with van der Waals surface area (Å²) >= 11 is 0. The number of hydrogen-bond donors (Lipinski definition) is 0. The van der Waals surface area contributed by atoms with E-state index in [1.165, 1.54) is 16.7 Å². The standard InChI is InChI=1S/C26H24BN3O/c1-20-12-14-21(15-13-20)22-19-31(2)27(24-10-4-7-17-29-24,25-11-5-8-18-30-25)26(22)23-9-3-6-16-28-23/h3-18H,19H2,1-2H3. The first kappa shape index (κ1) is 19.4. The summed E-state index contributed by atoms with van der Waals surface area (Å²) in [5.41, 5.74) is 7.73. The fraction of sp³-hybridized carbons (Fsp3) is 0.115. The molecule has 1 aliphatic heterocycles. The van der Waals surface area contributed by atoms with Gasteiger partial charge < -0.3 is 4.28 Å². The van der Waals surface area contributed by atoms with Crippen LogP contribution in [0.2, 0.25) is 0 Å². The van der Waals surface area contributed by atoms with Gasteiger partial charge in [0, 0.05) is 29.9 Å². The maximum atomic E-state index is 4.84. The van der Waals surface area contributed by atoms with Crippen molar-refractivity contribution >= 4 is 28.6 Å². The average Bonchev–Trinajstić information content (AvgIpc) is 3.15. The van der Waals surface area contributed by atoms with E-state index >= 15 is 0 Å². The number of pyridine rings is 3. The Morgan fingerprint density at radius 3 is 1.81 bits per heavy atom. The van der Waals surface area contributed by atoms with Gasteiger partial charge in [0.25, 0.3) is 0 Å². The molecule has 0 unspecified atom stereocenters. The first-order chi connectivity index (χ1) is 15.2. The third-order valence-corrected chi connectivity index (χ3v) is 6.26. The van der Waals surface area contributed by atoms with Crippen molar-refractivity contribution in [3.63, 3.8) is 0 Å². The molecule has 4 heterocycles. The van der Waals surface area contributed by atoms with E-state index in [-0.39, 0.29) is 0 Å². The molecule has 1 aliphatic rings. The number of benzene rings is 1. The molecule has 0 fully saturated rings. The van der Waals surface area contributed by atoms with Crippen molar-refractivity contribution in [2.75, 3.05) is 13.7 Å². The molecule has 4 nitrogen and oxygen atoms in total. The highest BCUT2D eigenvalue weighted by atomic mass is 16.6. The Morgan fingerprint density at radius 2 is 1.29 bits per heavy atom. The summed E-state index contributed by atoms with van der Waals surface area (Å²) in [7, 11) is 2.09. The molecule has 0 saturated heterocycles. The Bertz CT molecular complexity index is 1170. The molecule has 0 bridgehead atoms. The maximum absolute atomic E-state index is 4.84. The molecular weight excluding hydrogens is 381 g/mol. The molecule has 0 aliphatic carbocycles. The fourth-order valence-corrected chi connectivity index (χ4v) is 4.85. The zero-order valence-corrected chi connectivity index (χ0v) is 17.8. The average molecular weight is 405 g/mol. The number of nitrogens with zero attached hydrogens (tertiary/aromatic N) is 3. The summed E-state index contributed by atoms with van der Waals surface area (Å²) in [6.45, 7) is 2.82. The van der Waals surface area contributed by atoms with Gasteiger partial charge in [-0.1, -0.05) is 65.6 Å². The number of aromatic nitrogens is 3. The SMILES string of the molecule is Cc1ccc(C2=C(c3ccccn3)[B-](c3ccccn3)(c3ccccn3)[O+](C)C2)cc1. The largest absolute Gasteiger partial charge is 0.657 e. The van der Waals surface area contributed by atoms with Crippen molar-refractivity contribution in [3.05, 3.63) is 114 Å². The van der Waals surface area contributed by atoms with Crippen molar-refractivity contribution in [1.29, 1.82) is 0 Å². The molecule has 0 spiro atoms. The van der Waals surface area contributed by atoms with Gasteiger partial charge in [0.15, 0.2) is 0 Å².